The molecule has 0 saturated heterocycles. The molecular formula is C24H15ClO3S. The van der Waals surface area contributed by atoms with Crippen molar-refractivity contribution in [2.75, 3.05) is 0 Å². The lowest BCUT2D eigenvalue weighted by Gasteiger charge is -2.34. The second-order valence-electron chi connectivity index (χ2n) is 7.32. The summed E-state index contributed by atoms with van der Waals surface area (Å²) < 4.78 is 12.6. The van der Waals surface area contributed by atoms with Crippen molar-refractivity contribution in [1.29, 1.82) is 0 Å². The van der Waals surface area contributed by atoms with Crippen LogP contribution in [0.2, 0.25) is 5.02 Å². The third kappa shape index (κ3) is 2.56. The molecule has 0 aliphatic carbocycles. The van der Waals surface area contributed by atoms with E-state index in [-0.39, 0.29) is 22.7 Å². The van der Waals surface area contributed by atoms with E-state index >= 15 is 0 Å². The Kier molecular flexibility index (Phi) is 3.80. The monoisotopic (exact) mass is 418 g/mol. The van der Waals surface area contributed by atoms with Crippen molar-refractivity contribution in [3.05, 3.63) is 105 Å². The van der Waals surface area contributed by atoms with E-state index in [4.69, 9.17) is 20.8 Å². The fraction of sp³-hybridized carbons (Fsp3) is 0.125. The Bertz CT molecular complexity index is 1320. The number of fused-ring (bicyclic) bond motifs is 6. The minimum Gasteiger partial charge on any atom is -0.478 e. The van der Waals surface area contributed by atoms with E-state index < -0.39 is 0 Å². The molecule has 5 heteroatoms. The Morgan fingerprint density at radius 2 is 1.72 bits per heavy atom. The van der Waals surface area contributed by atoms with Gasteiger partial charge in [0.2, 0.25) is 11.2 Å². The topological polar surface area (TPSA) is 39.4 Å². The zero-order chi connectivity index (χ0) is 19.5. The van der Waals surface area contributed by atoms with Crippen LogP contribution in [0.25, 0.3) is 11.0 Å². The normalized spacial score (nSPS) is 21.9. The fourth-order valence-corrected chi connectivity index (χ4v) is 6.00. The molecule has 0 amide bonds. The van der Waals surface area contributed by atoms with Gasteiger partial charge in [-0.3, -0.25) is 4.79 Å². The van der Waals surface area contributed by atoms with Crippen LogP contribution in [-0.2, 0) is 0 Å². The Balaban J connectivity index is 1.62. The molecule has 1 aromatic heterocycles. The number of hydrogen-bond donors (Lipinski definition) is 0. The van der Waals surface area contributed by atoms with Gasteiger partial charge >= 0.3 is 0 Å². The quantitative estimate of drug-likeness (QED) is 0.353. The molecule has 29 heavy (non-hydrogen) atoms. The number of thioether (sulfide) groups is 1. The molecule has 6 rings (SSSR count). The third-order valence-electron chi connectivity index (χ3n) is 5.65. The van der Waals surface area contributed by atoms with Gasteiger partial charge in [-0.05, 0) is 35.4 Å². The number of ether oxygens (including phenoxy) is 1. The first-order valence-electron chi connectivity index (χ1n) is 9.44. The van der Waals surface area contributed by atoms with Crippen LogP contribution in [0.15, 0.2) is 86.9 Å². The van der Waals surface area contributed by atoms with Gasteiger partial charge in [-0.25, -0.2) is 0 Å². The highest BCUT2D eigenvalue weighted by Gasteiger charge is 2.48. The zero-order valence-electron chi connectivity index (χ0n) is 15.2. The molecule has 0 N–H and O–H groups in total. The lowest BCUT2D eigenvalue weighted by molar-refractivity contribution is 0.136. The first-order valence-corrected chi connectivity index (χ1v) is 10.7. The highest BCUT2D eigenvalue weighted by Crippen LogP contribution is 2.63. The highest BCUT2D eigenvalue weighted by molar-refractivity contribution is 8.00. The zero-order valence-corrected chi connectivity index (χ0v) is 16.7. The van der Waals surface area contributed by atoms with Crippen LogP contribution >= 0.6 is 23.4 Å². The van der Waals surface area contributed by atoms with E-state index in [9.17, 15) is 4.79 Å². The Hall–Kier alpha value is -2.69. The Labute approximate surface area is 176 Å². The predicted octanol–water partition coefficient (Wildman–Crippen LogP) is 6.51. The largest absolute Gasteiger partial charge is 0.478 e. The maximum Gasteiger partial charge on any atom is 0.234 e. The van der Waals surface area contributed by atoms with Gasteiger partial charge in [0.25, 0.3) is 0 Å². The van der Waals surface area contributed by atoms with Crippen molar-refractivity contribution in [2.45, 2.75) is 22.2 Å². The van der Waals surface area contributed by atoms with Crippen molar-refractivity contribution in [2.24, 2.45) is 0 Å². The summed E-state index contributed by atoms with van der Waals surface area (Å²) in [5, 5.41) is 0.928. The van der Waals surface area contributed by atoms with Crippen molar-refractivity contribution < 1.29 is 9.15 Å². The first kappa shape index (κ1) is 17.2. The van der Waals surface area contributed by atoms with Gasteiger partial charge in [-0.1, -0.05) is 60.1 Å². The molecule has 0 radical (unpaired) electrons. The van der Waals surface area contributed by atoms with Gasteiger partial charge < -0.3 is 9.15 Å². The number of halogens is 1. The van der Waals surface area contributed by atoms with Crippen molar-refractivity contribution in [1.82, 2.24) is 0 Å². The lowest BCUT2D eigenvalue weighted by Crippen LogP contribution is -2.28. The summed E-state index contributed by atoms with van der Waals surface area (Å²) in [6.07, 6.45) is -0.260. The molecule has 2 aliphatic heterocycles. The van der Waals surface area contributed by atoms with Gasteiger partial charge in [0.15, 0.2) is 5.76 Å². The molecule has 0 fully saturated rings. The van der Waals surface area contributed by atoms with E-state index in [1.165, 1.54) is 10.5 Å². The van der Waals surface area contributed by atoms with Gasteiger partial charge in [0.1, 0.15) is 11.7 Å². The molecular weight excluding hydrogens is 404 g/mol. The van der Waals surface area contributed by atoms with E-state index in [1.54, 1.807) is 30.0 Å². The van der Waals surface area contributed by atoms with Gasteiger partial charge in [0.05, 0.1) is 10.6 Å². The van der Waals surface area contributed by atoms with Crippen LogP contribution in [0.3, 0.4) is 0 Å². The van der Waals surface area contributed by atoms with Gasteiger partial charge in [0, 0.05) is 15.8 Å². The summed E-state index contributed by atoms with van der Waals surface area (Å²) in [4.78, 5) is 14.5. The van der Waals surface area contributed by atoms with E-state index in [0.29, 0.717) is 27.5 Å². The molecule has 3 aromatic carbocycles. The summed E-state index contributed by atoms with van der Waals surface area (Å²) in [7, 11) is 0. The molecule has 142 valence electrons. The van der Waals surface area contributed by atoms with E-state index in [2.05, 4.69) is 30.3 Å². The summed E-state index contributed by atoms with van der Waals surface area (Å²) in [5.41, 5.74) is 2.66. The van der Waals surface area contributed by atoms with Crippen LogP contribution in [0, 0.1) is 0 Å². The molecule has 0 spiro atoms. The number of benzene rings is 3. The Morgan fingerprint density at radius 1 is 0.931 bits per heavy atom. The molecule has 3 heterocycles. The van der Waals surface area contributed by atoms with Crippen molar-refractivity contribution in [3.63, 3.8) is 0 Å². The summed E-state index contributed by atoms with van der Waals surface area (Å²) >= 11 is 7.87. The van der Waals surface area contributed by atoms with Crippen LogP contribution in [-0.4, -0.2) is 0 Å². The molecule has 0 saturated carbocycles. The van der Waals surface area contributed by atoms with E-state index in [0.717, 1.165) is 5.56 Å². The maximum atomic E-state index is 13.3. The molecule has 0 unspecified atom stereocenters. The first-order chi connectivity index (χ1) is 14.2. The van der Waals surface area contributed by atoms with Crippen molar-refractivity contribution >= 4 is 34.3 Å². The summed E-state index contributed by atoms with van der Waals surface area (Å²) in [5.74, 6) is 0.984. The minimum atomic E-state index is -0.260. The molecule has 3 atom stereocenters. The smallest absolute Gasteiger partial charge is 0.234 e. The molecule has 0 bridgehead atoms. The molecule has 2 aliphatic rings. The fourth-order valence-electron chi connectivity index (χ4n) is 4.36. The average molecular weight is 419 g/mol. The summed E-state index contributed by atoms with van der Waals surface area (Å²) in [6, 6.07) is 23.6. The third-order valence-corrected chi connectivity index (χ3v) is 7.27. The SMILES string of the molecule is O=c1c2c(oc3ccc(Cl)cc13)[C@@H]1Sc3ccccc3[C@@H]1[C@@H](c1ccccc1)O2. The summed E-state index contributed by atoms with van der Waals surface area (Å²) in [6.45, 7) is 0. The number of rotatable bonds is 1. The molecule has 3 nitrogen and oxygen atoms in total. The van der Waals surface area contributed by atoms with Crippen molar-refractivity contribution in [3.8, 4) is 5.75 Å². The maximum absolute atomic E-state index is 13.3. The van der Waals surface area contributed by atoms with Gasteiger partial charge in [-0.2, -0.15) is 0 Å². The number of hydrogen-bond acceptors (Lipinski definition) is 4. The Morgan fingerprint density at radius 3 is 2.59 bits per heavy atom. The average Bonchev–Trinajstić information content (AvgIpc) is 3.15. The van der Waals surface area contributed by atoms with Gasteiger partial charge in [-0.15, -0.1) is 11.8 Å². The second-order valence-corrected chi connectivity index (χ2v) is 8.94. The standard InChI is InChI=1S/C24H15ClO3S/c25-14-10-11-17-16(12-14)20(26)22-23(27-17)24-19(15-8-4-5-9-18(15)29-24)21(28-22)13-6-2-1-3-7-13/h1-12,19,21,24H/t19-,21-,24-/m1/s1. The second kappa shape index (κ2) is 6.41. The van der Waals surface area contributed by atoms with Crippen LogP contribution in [0.1, 0.15) is 34.2 Å². The van der Waals surface area contributed by atoms with Crippen LogP contribution in [0.4, 0.5) is 0 Å². The van der Waals surface area contributed by atoms with Crippen LogP contribution in [0.5, 0.6) is 5.75 Å². The highest BCUT2D eigenvalue weighted by atomic mass is 35.5. The predicted molar refractivity (Wildman–Crippen MR) is 115 cm³/mol. The lowest BCUT2D eigenvalue weighted by atomic mass is 9.83. The minimum absolute atomic E-state index is 0.0193. The molecule has 4 aromatic rings. The van der Waals surface area contributed by atoms with E-state index in [1.807, 2.05) is 24.3 Å². The van der Waals surface area contributed by atoms with Crippen LogP contribution < -0.4 is 10.2 Å².